The third-order valence-corrected chi connectivity index (χ3v) is 9.09. The van der Waals surface area contributed by atoms with Crippen molar-refractivity contribution in [3.8, 4) is 0 Å². The fraction of sp³-hybridized carbons (Fsp3) is 0.643. The maximum atomic E-state index is 12.8. The van der Waals surface area contributed by atoms with Gasteiger partial charge in [0.1, 0.15) is 9.77 Å². The molecule has 1 aromatic heterocycles. The Kier molecular flexibility index (Phi) is 5.01. The van der Waals surface area contributed by atoms with E-state index in [1.54, 1.807) is 5.38 Å². The Labute approximate surface area is 146 Å². The summed E-state index contributed by atoms with van der Waals surface area (Å²) >= 11 is 1.06. The highest BCUT2D eigenvalue weighted by Gasteiger charge is 2.33. The lowest BCUT2D eigenvalue weighted by atomic mass is 10.2. The Bertz CT molecular complexity index is 822. The average Bonchev–Trinajstić information content (AvgIpc) is 3.15. The number of hydrogen-bond acceptors (Lipinski definition) is 6. The maximum absolute atomic E-state index is 12.8. The number of amides is 1. The quantitative estimate of drug-likeness (QED) is 0.818. The van der Waals surface area contributed by atoms with E-state index in [1.807, 2.05) is 0 Å². The summed E-state index contributed by atoms with van der Waals surface area (Å²) in [6.07, 6.45) is 3.03. The first-order chi connectivity index (χ1) is 11.3. The van der Waals surface area contributed by atoms with Gasteiger partial charge in [-0.25, -0.2) is 16.8 Å². The molecule has 0 spiro atoms. The summed E-state index contributed by atoms with van der Waals surface area (Å²) < 4.78 is 49.9. The molecule has 1 aromatic rings. The van der Waals surface area contributed by atoms with Crippen molar-refractivity contribution in [3.05, 3.63) is 16.3 Å². The molecule has 134 valence electrons. The zero-order chi connectivity index (χ0) is 17.4. The molecule has 0 aliphatic carbocycles. The number of nitrogens with one attached hydrogen (secondary N) is 1. The van der Waals surface area contributed by atoms with Crippen LogP contribution < -0.4 is 5.32 Å². The second-order valence-corrected chi connectivity index (χ2v) is 11.2. The number of carbonyl (C=O) groups excluding carboxylic acids is 1. The van der Waals surface area contributed by atoms with Crippen LogP contribution in [0.1, 0.15) is 35.4 Å². The summed E-state index contributed by atoms with van der Waals surface area (Å²) in [4.78, 5) is 12.6. The van der Waals surface area contributed by atoms with Crippen molar-refractivity contribution in [3.63, 3.8) is 0 Å². The van der Waals surface area contributed by atoms with Gasteiger partial charge in [0.05, 0.1) is 11.5 Å². The molecule has 24 heavy (non-hydrogen) atoms. The van der Waals surface area contributed by atoms with E-state index >= 15 is 0 Å². The average molecular weight is 393 g/mol. The summed E-state index contributed by atoms with van der Waals surface area (Å²) in [5.41, 5.74) is 0. The van der Waals surface area contributed by atoms with E-state index in [1.165, 1.54) is 10.4 Å². The highest BCUT2D eigenvalue weighted by Crippen LogP contribution is 2.27. The minimum atomic E-state index is -3.69. The molecule has 0 bridgehead atoms. The smallest absolute Gasteiger partial charge is 0.262 e. The molecule has 0 unspecified atom stereocenters. The fourth-order valence-electron chi connectivity index (χ4n) is 3.07. The number of rotatable bonds is 4. The number of thiophene rings is 1. The minimum absolute atomic E-state index is 0.0211. The molecule has 1 atom stereocenters. The van der Waals surface area contributed by atoms with Gasteiger partial charge < -0.3 is 5.32 Å². The summed E-state index contributed by atoms with van der Waals surface area (Å²) in [6.45, 7) is 0.945. The van der Waals surface area contributed by atoms with E-state index in [2.05, 4.69) is 5.32 Å². The SMILES string of the molecule is O=C(N[C@H]1CCS(=O)(=O)C1)c1sccc1S(=O)(=O)N1CCCCC1. The van der Waals surface area contributed by atoms with Crippen molar-refractivity contribution in [2.75, 3.05) is 24.6 Å². The number of piperidine rings is 1. The predicted octanol–water partition coefficient (Wildman–Crippen LogP) is 0.840. The summed E-state index contributed by atoms with van der Waals surface area (Å²) in [7, 11) is -6.79. The first-order valence-electron chi connectivity index (χ1n) is 7.88. The van der Waals surface area contributed by atoms with Crippen molar-refractivity contribution in [1.29, 1.82) is 0 Å². The molecule has 2 aliphatic rings. The lowest BCUT2D eigenvalue weighted by molar-refractivity contribution is 0.0942. The second-order valence-electron chi connectivity index (χ2n) is 6.15. The molecular weight excluding hydrogens is 372 g/mol. The van der Waals surface area contributed by atoms with E-state index in [-0.39, 0.29) is 21.3 Å². The Morgan fingerprint density at radius 1 is 1.25 bits per heavy atom. The van der Waals surface area contributed by atoms with E-state index in [0.717, 1.165) is 30.6 Å². The predicted molar refractivity (Wildman–Crippen MR) is 91.5 cm³/mol. The van der Waals surface area contributed by atoms with Crippen LogP contribution in [0.4, 0.5) is 0 Å². The van der Waals surface area contributed by atoms with Crippen LogP contribution in [0.25, 0.3) is 0 Å². The zero-order valence-corrected chi connectivity index (χ0v) is 15.6. The summed E-state index contributed by atoms with van der Waals surface area (Å²) in [5.74, 6) is -0.540. The third kappa shape index (κ3) is 3.66. The number of sulfone groups is 1. The lowest BCUT2D eigenvalue weighted by Gasteiger charge is -2.25. The molecule has 2 saturated heterocycles. The van der Waals surface area contributed by atoms with Gasteiger partial charge in [-0.05, 0) is 30.7 Å². The molecule has 2 aliphatic heterocycles. The number of carbonyl (C=O) groups is 1. The number of sulfonamides is 1. The molecule has 10 heteroatoms. The van der Waals surface area contributed by atoms with Crippen molar-refractivity contribution in [2.24, 2.45) is 0 Å². The first kappa shape index (κ1) is 17.8. The van der Waals surface area contributed by atoms with E-state index < -0.39 is 31.8 Å². The maximum Gasteiger partial charge on any atom is 0.262 e. The zero-order valence-electron chi connectivity index (χ0n) is 13.1. The van der Waals surface area contributed by atoms with Gasteiger partial charge in [-0.15, -0.1) is 11.3 Å². The van der Waals surface area contributed by atoms with Crippen LogP contribution in [0.3, 0.4) is 0 Å². The second kappa shape index (κ2) is 6.74. The highest BCUT2D eigenvalue weighted by atomic mass is 32.2. The van der Waals surface area contributed by atoms with Crippen molar-refractivity contribution in [2.45, 2.75) is 36.6 Å². The molecule has 1 N–H and O–H groups in total. The van der Waals surface area contributed by atoms with E-state index in [9.17, 15) is 21.6 Å². The molecule has 0 radical (unpaired) electrons. The van der Waals surface area contributed by atoms with Crippen LogP contribution in [0.5, 0.6) is 0 Å². The summed E-state index contributed by atoms with van der Waals surface area (Å²) in [6, 6.07) is 1.00. The third-order valence-electron chi connectivity index (χ3n) is 4.34. The fourth-order valence-corrected chi connectivity index (χ4v) is 7.56. The Balaban J connectivity index is 1.78. The molecular formula is C14H20N2O5S3. The Morgan fingerprint density at radius 3 is 2.58 bits per heavy atom. The van der Waals surface area contributed by atoms with Gasteiger partial charge in [-0.3, -0.25) is 4.79 Å². The number of nitrogens with zero attached hydrogens (tertiary/aromatic N) is 1. The largest absolute Gasteiger partial charge is 0.348 e. The lowest BCUT2D eigenvalue weighted by Crippen LogP contribution is -2.38. The van der Waals surface area contributed by atoms with Crippen LogP contribution >= 0.6 is 11.3 Å². The molecule has 7 nitrogen and oxygen atoms in total. The highest BCUT2D eigenvalue weighted by molar-refractivity contribution is 7.91. The molecule has 2 fully saturated rings. The van der Waals surface area contributed by atoms with E-state index in [0.29, 0.717) is 19.5 Å². The topological polar surface area (TPSA) is 101 Å². The molecule has 0 saturated carbocycles. The van der Waals surface area contributed by atoms with Crippen molar-refractivity contribution in [1.82, 2.24) is 9.62 Å². The van der Waals surface area contributed by atoms with Crippen molar-refractivity contribution < 1.29 is 21.6 Å². The van der Waals surface area contributed by atoms with Crippen LogP contribution in [-0.4, -0.2) is 57.7 Å². The number of hydrogen-bond donors (Lipinski definition) is 1. The molecule has 3 rings (SSSR count). The van der Waals surface area contributed by atoms with Crippen LogP contribution in [-0.2, 0) is 19.9 Å². The van der Waals surface area contributed by atoms with Crippen molar-refractivity contribution >= 4 is 37.1 Å². The van der Waals surface area contributed by atoms with Gasteiger partial charge in [-0.1, -0.05) is 6.42 Å². The van der Waals surface area contributed by atoms with Crippen LogP contribution in [0, 0.1) is 0 Å². The van der Waals surface area contributed by atoms with Gasteiger partial charge in [0, 0.05) is 19.1 Å². The molecule has 3 heterocycles. The summed E-state index contributed by atoms with van der Waals surface area (Å²) in [5, 5.41) is 4.24. The van der Waals surface area contributed by atoms with Gasteiger partial charge in [0.2, 0.25) is 10.0 Å². The first-order valence-corrected chi connectivity index (χ1v) is 12.0. The van der Waals surface area contributed by atoms with E-state index in [4.69, 9.17) is 0 Å². The standard InChI is InChI=1S/C14H20N2O5S3/c17-14(15-11-5-9-23(18,19)10-11)13-12(4-8-22-13)24(20,21)16-6-2-1-3-7-16/h4,8,11H,1-3,5-7,9-10H2,(H,15,17)/t11-/m0/s1. The van der Waals surface area contributed by atoms with Gasteiger partial charge in [-0.2, -0.15) is 4.31 Å². The molecule has 0 aromatic carbocycles. The van der Waals surface area contributed by atoms with Gasteiger partial charge >= 0.3 is 0 Å². The minimum Gasteiger partial charge on any atom is -0.348 e. The van der Waals surface area contributed by atoms with Crippen LogP contribution in [0.2, 0.25) is 0 Å². The molecule has 1 amide bonds. The van der Waals surface area contributed by atoms with Gasteiger partial charge in [0.15, 0.2) is 9.84 Å². The monoisotopic (exact) mass is 392 g/mol. The normalized spacial score (nSPS) is 24.8. The van der Waals surface area contributed by atoms with Crippen LogP contribution in [0.15, 0.2) is 16.3 Å². The van der Waals surface area contributed by atoms with Gasteiger partial charge in [0.25, 0.3) is 5.91 Å². The Morgan fingerprint density at radius 2 is 1.96 bits per heavy atom. The Hall–Kier alpha value is -0.970.